The summed E-state index contributed by atoms with van der Waals surface area (Å²) in [5.41, 5.74) is 10.6. The molecule has 0 saturated carbocycles. The molecule has 6 aromatic rings. The van der Waals surface area contributed by atoms with Crippen LogP contribution in [0.25, 0.3) is 28.0 Å². The topological polar surface area (TPSA) is 84.1 Å². The second kappa shape index (κ2) is 11.7. The molecule has 1 N–H and O–H groups in total. The van der Waals surface area contributed by atoms with E-state index >= 15 is 0 Å². The van der Waals surface area contributed by atoms with Crippen LogP contribution in [0.15, 0.2) is 167 Å². The summed E-state index contributed by atoms with van der Waals surface area (Å²) in [5.74, 6) is 2.21. The van der Waals surface area contributed by atoms with Gasteiger partial charge in [-0.25, -0.2) is 24.9 Å². The van der Waals surface area contributed by atoms with Crippen molar-refractivity contribution in [1.29, 1.82) is 0 Å². The number of ether oxygens (including phenoxy) is 1. The fraction of sp³-hybridized carbons (Fsp3) is 0.0488. The molecule has 3 aliphatic rings. The number of allylic oxidation sites excluding steroid dienone is 1. The van der Waals surface area contributed by atoms with Crippen LogP contribution < -0.4 is 10.1 Å². The number of amidine groups is 2. The highest BCUT2D eigenvalue weighted by Crippen LogP contribution is 2.44. The molecule has 0 bridgehead atoms. The van der Waals surface area contributed by atoms with E-state index < -0.39 is 12.4 Å². The third-order valence-corrected chi connectivity index (χ3v) is 8.73. The maximum absolute atomic E-state index is 6.34. The van der Waals surface area contributed by atoms with Crippen LogP contribution in [0.5, 0.6) is 5.75 Å². The van der Waals surface area contributed by atoms with Gasteiger partial charge in [-0.3, -0.25) is 0 Å². The quantitative estimate of drug-likeness (QED) is 0.205. The Morgan fingerprint density at radius 2 is 1.00 bits per heavy atom. The number of nitrogens with zero attached hydrogens (tertiary/aromatic N) is 5. The van der Waals surface area contributed by atoms with Crippen molar-refractivity contribution in [3.8, 4) is 28.1 Å². The maximum atomic E-state index is 6.34. The van der Waals surface area contributed by atoms with Crippen molar-refractivity contribution in [1.82, 2.24) is 15.3 Å². The predicted molar refractivity (Wildman–Crippen MR) is 190 cm³/mol. The van der Waals surface area contributed by atoms with Crippen molar-refractivity contribution < 1.29 is 4.74 Å². The van der Waals surface area contributed by atoms with Gasteiger partial charge in [-0.2, -0.15) is 0 Å². The van der Waals surface area contributed by atoms with E-state index in [1.165, 1.54) is 5.56 Å². The van der Waals surface area contributed by atoms with Gasteiger partial charge < -0.3 is 10.1 Å². The van der Waals surface area contributed by atoms with Gasteiger partial charge in [-0.05, 0) is 28.3 Å². The van der Waals surface area contributed by atoms with Crippen molar-refractivity contribution in [2.24, 2.45) is 15.0 Å². The monoisotopic (exact) mass is 620 g/mol. The van der Waals surface area contributed by atoms with Crippen molar-refractivity contribution in [3.63, 3.8) is 0 Å². The Morgan fingerprint density at radius 1 is 0.479 bits per heavy atom. The van der Waals surface area contributed by atoms with Crippen molar-refractivity contribution in [3.05, 3.63) is 180 Å². The SMILES string of the molecule is C1=C2c3ncnc(-c4ccc(C5N=C(c6ccccc6)NC(c6ccc(-c7ccccc7)cc6)=N5)cc4)c3OC2N=C1c1ccccc1. The minimum Gasteiger partial charge on any atom is -0.460 e. The summed E-state index contributed by atoms with van der Waals surface area (Å²) >= 11 is 0. The van der Waals surface area contributed by atoms with Gasteiger partial charge in [-0.1, -0.05) is 140 Å². The largest absolute Gasteiger partial charge is 0.460 e. The van der Waals surface area contributed by atoms with Crippen molar-refractivity contribution >= 4 is 23.0 Å². The summed E-state index contributed by atoms with van der Waals surface area (Å²) in [6.45, 7) is 0. The number of aliphatic imine (C=N–C) groups is 3. The molecule has 0 aliphatic carbocycles. The van der Waals surface area contributed by atoms with E-state index in [2.05, 4.69) is 106 Å². The second-order valence-corrected chi connectivity index (χ2v) is 11.7. The lowest BCUT2D eigenvalue weighted by molar-refractivity contribution is 0.289. The molecule has 228 valence electrons. The Bertz CT molecular complexity index is 2260. The van der Waals surface area contributed by atoms with Gasteiger partial charge in [0.2, 0.25) is 6.23 Å². The van der Waals surface area contributed by atoms with Crippen LogP contribution in [0.1, 0.15) is 34.1 Å². The Balaban J connectivity index is 1.02. The first-order valence-corrected chi connectivity index (χ1v) is 15.9. The van der Waals surface area contributed by atoms with E-state index in [1.807, 2.05) is 54.6 Å². The lowest BCUT2D eigenvalue weighted by Gasteiger charge is -2.22. The van der Waals surface area contributed by atoms with Crippen LogP contribution in [-0.2, 0) is 0 Å². The van der Waals surface area contributed by atoms with E-state index in [4.69, 9.17) is 19.7 Å². The predicted octanol–water partition coefficient (Wildman–Crippen LogP) is 7.91. The number of aromatic nitrogens is 2. The van der Waals surface area contributed by atoms with Gasteiger partial charge >= 0.3 is 0 Å². The molecule has 0 radical (unpaired) electrons. The summed E-state index contributed by atoms with van der Waals surface area (Å²) in [7, 11) is 0. The van der Waals surface area contributed by atoms with Crippen molar-refractivity contribution in [2.75, 3.05) is 0 Å². The molecule has 9 rings (SSSR count). The molecule has 48 heavy (non-hydrogen) atoms. The lowest BCUT2D eigenvalue weighted by Crippen LogP contribution is -2.36. The average molecular weight is 621 g/mol. The van der Waals surface area contributed by atoms with E-state index in [0.29, 0.717) is 5.75 Å². The third-order valence-electron chi connectivity index (χ3n) is 8.73. The van der Waals surface area contributed by atoms with Gasteiger partial charge in [0.15, 0.2) is 11.9 Å². The summed E-state index contributed by atoms with van der Waals surface area (Å²) < 4.78 is 6.34. The Hall–Kier alpha value is -6.47. The van der Waals surface area contributed by atoms with Crippen molar-refractivity contribution in [2.45, 2.75) is 12.4 Å². The van der Waals surface area contributed by atoms with Crippen LogP contribution >= 0.6 is 0 Å². The lowest BCUT2D eigenvalue weighted by atomic mass is 10.0. The second-order valence-electron chi connectivity index (χ2n) is 11.7. The molecule has 0 spiro atoms. The number of hydrogen-bond acceptors (Lipinski definition) is 7. The molecular formula is C41H28N6O. The molecule has 4 heterocycles. The summed E-state index contributed by atoms with van der Waals surface area (Å²) in [5, 5.41) is 3.49. The minimum absolute atomic E-state index is 0.417. The van der Waals surface area contributed by atoms with Gasteiger partial charge in [-0.15, -0.1) is 0 Å². The highest BCUT2D eigenvalue weighted by molar-refractivity contribution is 6.16. The highest BCUT2D eigenvalue weighted by Gasteiger charge is 2.36. The first-order valence-electron chi connectivity index (χ1n) is 15.9. The molecule has 3 aliphatic heterocycles. The zero-order valence-electron chi connectivity index (χ0n) is 25.7. The fourth-order valence-electron chi connectivity index (χ4n) is 6.25. The molecular weight excluding hydrogens is 592 g/mol. The summed E-state index contributed by atoms with van der Waals surface area (Å²) in [4.78, 5) is 24.2. The Morgan fingerprint density at radius 3 is 1.67 bits per heavy atom. The summed E-state index contributed by atoms with van der Waals surface area (Å²) in [6, 6.07) is 47.3. The first-order chi connectivity index (χ1) is 23.8. The maximum Gasteiger partial charge on any atom is 0.218 e. The van der Waals surface area contributed by atoms with E-state index in [9.17, 15) is 0 Å². The van der Waals surface area contributed by atoms with Crippen LogP contribution in [0.3, 0.4) is 0 Å². The van der Waals surface area contributed by atoms with E-state index in [1.54, 1.807) is 6.33 Å². The smallest absolute Gasteiger partial charge is 0.218 e. The van der Waals surface area contributed by atoms with E-state index in [0.717, 1.165) is 67.7 Å². The molecule has 7 heteroatoms. The number of rotatable bonds is 6. The van der Waals surface area contributed by atoms with Gasteiger partial charge in [0, 0.05) is 22.3 Å². The molecule has 2 unspecified atom stereocenters. The fourth-order valence-corrected chi connectivity index (χ4v) is 6.25. The Labute approximate surface area is 277 Å². The minimum atomic E-state index is -0.429. The van der Waals surface area contributed by atoms with Crippen LogP contribution in [0.4, 0.5) is 0 Å². The van der Waals surface area contributed by atoms with Gasteiger partial charge in [0.1, 0.15) is 29.4 Å². The average Bonchev–Trinajstić information content (AvgIpc) is 3.75. The molecule has 2 atom stereocenters. The van der Waals surface area contributed by atoms with Gasteiger partial charge in [0.05, 0.1) is 5.71 Å². The third kappa shape index (κ3) is 5.08. The molecule has 0 saturated heterocycles. The van der Waals surface area contributed by atoms with E-state index in [-0.39, 0.29) is 0 Å². The molecule has 0 fully saturated rings. The first kappa shape index (κ1) is 27.8. The summed E-state index contributed by atoms with van der Waals surface area (Å²) in [6.07, 6.45) is 2.82. The zero-order valence-corrected chi connectivity index (χ0v) is 25.7. The number of hydrogen-bond donors (Lipinski definition) is 1. The Kier molecular flexibility index (Phi) is 6.79. The van der Waals surface area contributed by atoms with Crippen LogP contribution in [-0.4, -0.2) is 33.6 Å². The van der Waals surface area contributed by atoms with Gasteiger partial charge in [0.25, 0.3) is 0 Å². The molecule has 0 amide bonds. The number of benzene rings is 5. The number of nitrogens with one attached hydrogen (secondary N) is 1. The number of fused-ring (bicyclic) bond motifs is 3. The van der Waals surface area contributed by atoms with Crippen LogP contribution in [0.2, 0.25) is 0 Å². The normalized spacial score (nSPS) is 17.6. The molecule has 7 nitrogen and oxygen atoms in total. The van der Waals surface area contributed by atoms with Crippen LogP contribution in [0, 0.1) is 0 Å². The zero-order chi connectivity index (χ0) is 31.9. The highest BCUT2D eigenvalue weighted by atomic mass is 16.5. The molecule has 5 aromatic carbocycles. The standard InChI is InChI=1S/C41H28N6O/c1-4-10-26(11-5-1)27-16-20-31(21-17-27)39-45-38(30-14-8-3-9-15-30)46-40(47-39)32-22-18-29(19-23-32)35-37-36(43-25-42-35)33-24-34(44-41(33)48-37)28-12-6-2-7-13-28/h1-25,40-41H,(H,45,46,47). The molecule has 1 aromatic heterocycles.